The molecule has 0 N–H and O–H groups in total. The van der Waals surface area contributed by atoms with Crippen LogP contribution < -0.4 is 4.90 Å². The van der Waals surface area contributed by atoms with Gasteiger partial charge in [-0.2, -0.15) is 0 Å². The monoisotopic (exact) mass is 699 g/mol. The van der Waals surface area contributed by atoms with Crippen molar-refractivity contribution < 1.29 is 0 Å². The molecule has 0 bridgehead atoms. The molecular weight excluding hydrogens is 663 g/mol. The predicted molar refractivity (Wildman–Crippen MR) is 235 cm³/mol. The van der Waals surface area contributed by atoms with Crippen molar-refractivity contribution in [2.75, 3.05) is 4.90 Å². The number of nitrogens with zero attached hydrogens (tertiary/aromatic N) is 1. The Morgan fingerprint density at radius 1 is 0.236 bits per heavy atom. The Kier molecular flexibility index (Phi) is 8.24. The molecular formula is C54H37N. The van der Waals surface area contributed by atoms with Gasteiger partial charge in [-0.05, 0) is 102 Å². The van der Waals surface area contributed by atoms with Crippen molar-refractivity contribution in [3.8, 4) is 44.5 Å². The summed E-state index contributed by atoms with van der Waals surface area (Å²) >= 11 is 0. The van der Waals surface area contributed by atoms with Gasteiger partial charge in [-0.1, -0.05) is 194 Å². The van der Waals surface area contributed by atoms with E-state index in [0.717, 1.165) is 22.6 Å². The first-order valence-corrected chi connectivity index (χ1v) is 18.9. The first-order chi connectivity index (χ1) is 27.3. The van der Waals surface area contributed by atoms with Gasteiger partial charge in [0.1, 0.15) is 0 Å². The van der Waals surface area contributed by atoms with Crippen LogP contribution in [0, 0.1) is 0 Å². The van der Waals surface area contributed by atoms with E-state index >= 15 is 0 Å². The van der Waals surface area contributed by atoms with Gasteiger partial charge in [-0.25, -0.2) is 0 Å². The number of rotatable bonds is 7. The van der Waals surface area contributed by atoms with Crippen molar-refractivity contribution in [3.63, 3.8) is 0 Å². The molecule has 10 aromatic rings. The van der Waals surface area contributed by atoms with E-state index < -0.39 is 0 Å². The zero-order valence-corrected chi connectivity index (χ0v) is 30.3. The highest BCUT2D eigenvalue weighted by Gasteiger charge is 2.21. The van der Waals surface area contributed by atoms with E-state index in [2.05, 4.69) is 229 Å². The van der Waals surface area contributed by atoms with Gasteiger partial charge in [0.2, 0.25) is 0 Å². The van der Waals surface area contributed by atoms with Crippen LogP contribution in [0.1, 0.15) is 0 Å². The summed E-state index contributed by atoms with van der Waals surface area (Å²) in [6.45, 7) is 0. The van der Waals surface area contributed by atoms with Gasteiger partial charge in [-0.15, -0.1) is 0 Å². The van der Waals surface area contributed by atoms with E-state index in [9.17, 15) is 0 Å². The van der Waals surface area contributed by atoms with Gasteiger partial charge >= 0.3 is 0 Å². The van der Waals surface area contributed by atoms with Gasteiger partial charge in [-0.3, -0.25) is 0 Å². The Morgan fingerprint density at radius 2 is 0.727 bits per heavy atom. The smallest absolute Gasteiger partial charge is 0.0540 e. The quantitative estimate of drug-likeness (QED) is 0.150. The van der Waals surface area contributed by atoms with Gasteiger partial charge in [0.25, 0.3) is 0 Å². The summed E-state index contributed by atoms with van der Waals surface area (Å²) in [7, 11) is 0. The fourth-order valence-electron chi connectivity index (χ4n) is 8.29. The SMILES string of the molecule is c1ccc(-c2ccccc2-c2ccccc2-c2ccccc2N(c2cccc(-c3cccc4ccccc34)c2)c2ccc3c(ccc4ccccc43)c2)cc1. The van der Waals surface area contributed by atoms with Gasteiger partial charge < -0.3 is 4.90 Å². The van der Waals surface area contributed by atoms with Crippen LogP contribution in [0.3, 0.4) is 0 Å². The lowest BCUT2D eigenvalue weighted by Gasteiger charge is -2.29. The highest BCUT2D eigenvalue weighted by Crippen LogP contribution is 2.46. The van der Waals surface area contributed by atoms with E-state index in [1.807, 2.05) is 0 Å². The average Bonchev–Trinajstić information content (AvgIpc) is 3.27. The van der Waals surface area contributed by atoms with Crippen LogP contribution in [-0.2, 0) is 0 Å². The summed E-state index contributed by atoms with van der Waals surface area (Å²) in [6, 6.07) is 81.5. The van der Waals surface area contributed by atoms with Crippen LogP contribution >= 0.6 is 0 Å². The summed E-state index contributed by atoms with van der Waals surface area (Å²) < 4.78 is 0. The minimum absolute atomic E-state index is 1.10. The molecule has 0 aromatic heterocycles. The number of benzene rings is 10. The Labute approximate surface area is 322 Å². The van der Waals surface area contributed by atoms with Crippen LogP contribution in [0.5, 0.6) is 0 Å². The van der Waals surface area contributed by atoms with Crippen molar-refractivity contribution >= 4 is 49.4 Å². The highest BCUT2D eigenvalue weighted by atomic mass is 15.1. The number of para-hydroxylation sites is 1. The number of hydrogen-bond acceptors (Lipinski definition) is 1. The first kappa shape index (κ1) is 32.4. The topological polar surface area (TPSA) is 3.24 Å². The molecule has 0 saturated heterocycles. The average molecular weight is 700 g/mol. The molecule has 0 atom stereocenters. The second-order valence-electron chi connectivity index (χ2n) is 14.1. The molecule has 258 valence electrons. The van der Waals surface area contributed by atoms with Crippen molar-refractivity contribution in [2.45, 2.75) is 0 Å². The van der Waals surface area contributed by atoms with E-state index in [1.165, 1.54) is 71.3 Å². The fourth-order valence-corrected chi connectivity index (χ4v) is 8.29. The maximum atomic E-state index is 2.44. The van der Waals surface area contributed by atoms with Crippen molar-refractivity contribution in [1.82, 2.24) is 0 Å². The number of hydrogen-bond donors (Lipinski definition) is 0. The zero-order valence-electron chi connectivity index (χ0n) is 30.3. The second-order valence-corrected chi connectivity index (χ2v) is 14.1. The molecule has 0 fully saturated rings. The van der Waals surface area contributed by atoms with Crippen LogP contribution in [0.15, 0.2) is 224 Å². The molecule has 0 saturated carbocycles. The highest BCUT2D eigenvalue weighted by molar-refractivity contribution is 6.09. The van der Waals surface area contributed by atoms with Crippen molar-refractivity contribution in [1.29, 1.82) is 0 Å². The van der Waals surface area contributed by atoms with Crippen LogP contribution in [0.2, 0.25) is 0 Å². The summed E-state index contributed by atoms with van der Waals surface area (Å²) in [6.07, 6.45) is 0. The summed E-state index contributed by atoms with van der Waals surface area (Å²) in [5.41, 5.74) is 12.9. The molecule has 10 rings (SSSR count). The van der Waals surface area contributed by atoms with E-state index in [4.69, 9.17) is 0 Å². The third-order valence-corrected chi connectivity index (χ3v) is 10.9. The Balaban J connectivity index is 1.20. The van der Waals surface area contributed by atoms with Gasteiger partial charge in [0.15, 0.2) is 0 Å². The minimum atomic E-state index is 1.10. The van der Waals surface area contributed by atoms with E-state index in [-0.39, 0.29) is 0 Å². The van der Waals surface area contributed by atoms with Crippen molar-refractivity contribution in [3.05, 3.63) is 224 Å². The molecule has 0 aliphatic carbocycles. The maximum absolute atomic E-state index is 2.44. The molecule has 0 aliphatic heterocycles. The third-order valence-electron chi connectivity index (χ3n) is 10.9. The van der Waals surface area contributed by atoms with E-state index in [1.54, 1.807) is 0 Å². The zero-order chi connectivity index (χ0) is 36.6. The lowest BCUT2D eigenvalue weighted by Crippen LogP contribution is -2.11. The molecule has 0 aliphatic rings. The molecule has 0 unspecified atom stereocenters. The van der Waals surface area contributed by atoms with Gasteiger partial charge in [0, 0.05) is 16.9 Å². The third kappa shape index (κ3) is 5.93. The predicted octanol–water partition coefficient (Wildman–Crippen LogP) is 15.3. The van der Waals surface area contributed by atoms with Crippen molar-refractivity contribution in [2.24, 2.45) is 0 Å². The van der Waals surface area contributed by atoms with Gasteiger partial charge in [0.05, 0.1) is 5.69 Å². The van der Waals surface area contributed by atoms with E-state index in [0.29, 0.717) is 0 Å². The summed E-state index contributed by atoms with van der Waals surface area (Å²) in [5.74, 6) is 0. The molecule has 0 amide bonds. The van der Waals surface area contributed by atoms with Crippen LogP contribution in [-0.4, -0.2) is 0 Å². The minimum Gasteiger partial charge on any atom is -0.310 e. The molecule has 55 heavy (non-hydrogen) atoms. The van der Waals surface area contributed by atoms with Crippen LogP contribution in [0.25, 0.3) is 76.8 Å². The molecule has 0 radical (unpaired) electrons. The standard InChI is InChI=1S/C54H37N/c1-2-16-38(17-3-1)47-25-8-9-26-50(47)51-27-10-11-28-52(51)53-29-12-13-31-54(53)55(44-34-35-49-42(37-44)33-32-40-19-5-7-24-46(40)49)43-22-14-21-41(36-43)48-30-15-20-39-18-4-6-23-45(39)48/h1-37H. The number of anilines is 3. The summed E-state index contributed by atoms with van der Waals surface area (Å²) in [4.78, 5) is 2.44. The Hall–Kier alpha value is -7.22. The lowest BCUT2D eigenvalue weighted by atomic mass is 9.88. The molecule has 1 nitrogen and oxygen atoms in total. The van der Waals surface area contributed by atoms with Crippen LogP contribution in [0.4, 0.5) is 17.1 Å². The Morgan fingerprint density at radius 3 is 1.53 bits per heavy atom. The fraction of sp³-hybridized carbons (Fsp3) is 0. The Bertz CT molecular complexity index is 2990. The molecule has 0 heterocycles. The normalized spacial score (nSPS) is 11.3. The molecule has 1 heteroatoms. The molecule has 0 spiro atoms. The lowest BCUT2D eigenvalue weighted by molar-refractivity contribution is 1.29. The molecule has 10 aromatic carbocycles. The second kappa shape index (κ2) is 14.0. The summed E-state index contributed by atoms with van der Waals surface area (Å²) in [5, 5.41) is 7.46. The maximum Gasteiger partial charge on any atom is 0.0540 e. The number of fused-ring (bicyclic) bond motifs is 4. The first-order valence-electron chi connectivity index (χ1n) is 18.9. The largest absolute Gasteiger partial charge is 0.310 e.